The maximum atomic E-state index is 5.71. The molecule has 0 saturated heterocycles. The van der Waals surface area contributed by atoms with Gasteiger partial charge in [-0.25, -0.2) is 4.98 Å². The zero-order valence-electron chi connectivity index (χ0n) is 9.24. The van der Waals surface area contributed by atoms with Crippen LogP contribution in [0.2, 0.25) is 0 Å². The van der Waals surface area contributed by atoms with Crippen molar-refractivity contribution >= 4 is 11.5 Å². The fourth-order valence-electron chi connectivity index (χ4n) is 1.82. The Kier molecular flexibility index (Phi) is 3.09. The van der Waals surface area contributed by atoms with Crippen LogP contribution in [0.25, 0.3) is 0 Å². The monoisotopic (exact) mass is 205 g/mol. The van der Waals surface area contributed by atoms with E-state index in [1.807, 2.05) is 12.1 Å². The van der Waals surface area contributed by atoms with Crippen molar-refractivity contribution in [3.05, 3.63) is 18.3 Å². The Bertz CT molecular complexity index is 320. The number of hydrogen-bond acceptors (Lipinski definition) is 3. The highest BCUT2D eigenvalue weighted by Crippen LogP contribution is 2.34. The van der Waals surface area contributed by atoms with E-state index in [0.717, 1.165) is 23.8 Å². The summed E-state index contributed by atoms with van der Waals surface area (Å²) >= 11 is 0. The van der Waals surface area contributed by atoms with Crippen LogP contribution >= 0.6 is 0 Å². The molecule has 0 aromatic carbocycles. The second kappa shape index (κ2) is 4.51. The summed E-state index contributed by atoms with van der Waals surface area (Å²) in [6.07, 6.45) is 6.98. The topological polar surface area (TPSA) is 50.9 Å². The summed E-state index contributed by atoms with van der Waals surface area (Å²) < 4.78 is 0. The highest BCUT2D eigenvalue weighted by atomic mass is 15.0. The van der Waals surface area contributed by atoms with Crippen LogP contribution in [0.4, 0.5) is 11.5 Å². The number of rotatable bonds is 5. The van der Waals surface area contributed by atoms with Crippen molar-refractivity contribution in [2.75, 3.05) is 11.1 Å². The summed E-state index contributed by atoms with van der Waals surface area (Å²) in [6, 6.07) is 4.26. The molecule has 1 heterocycles. The fraction of sp³-hybridized carbons (Fsp3) is 0.583. The summed E-state index contributed by atoms with van der Waals surface area (Å²) in [6.45, 7) is 2.21. The lowest BCUT2D eigenvalue weighted by Gasteiger charge is -2.17. The third-order valence-corrected chi connectivity index (χ3v) is 2.94. The van der Waals surface area contributed by atoms with Crippen molar-refractivity contribution in [3.8, 4) is 0 Å². The molecule has 0 spiro atoms. The zero-order chi connectivity index (χ0) is 10.7. The van der Waals surface area contributed by atoms with E-state index in [4.69, 9.17) is 5.73 Å². The van der Waals surface area contributed by atoms with Gasteiger partial charge in [0.1, 0.15) is 5.82 Å². The molecular formula is C12H19N3. The molecule has 0 aliphatic heterocycles. The van der Waals surface area contributed by atoms with Gasteiger partial charge in [-0.05, 0) is 24.8 Å². The van der Waals surface area contributed by atoms with E-state index < -0.39 is 0 Å². The smallest absolute Gasteiger partial charge is 0.128 e. The number of nitrogens with one attached hydrogen (secondary N) is 1. The third-order valence-electron chi connectivity index (χ3n) is 2.94. The lowest BCUT2D eigenvalue weighted by Crippen LogP contribution is -2.19. The predicted molar refractivity (Wildman–Crippen MR) is 63.7 cm³/mol. The van der Waals surface area contributed by atoms with Crippen molar-refractivity contribution in [2.24, 2.45) is 5.92 Å². The highest BCUT2D eigenvalue weighted by Gasteiger charge is 2.24. The average Bonchev–Trinajstić information content (AvgIpc) is 3.01. The van der Waals surface area contributed by atoms with Gasteiger partial charge in [0.05, 0.1) is 0 Å². The van der Waals surface area contributed by atoms with Crippen molar-refractivity contribution in [1.82, 2.24) is 4.98 Å². The molecule has 1 unspecified atom stereocenters. The molecule has 0 amide bonds. The fourth-order valence-corrected chi connectivity index (χ4v) is 1.82. The lowest BCUT2D eigenvalue weighted by atomic mass is 10.1. The average molecular weight is 205 g/mol. The quantitative estimate of drug-likeness (QED) is 0.777. The molecule has 1 saturated carbocycles. The predicted octanol–water partition coefficient (Wildman–Crippen LogP) is 2.65. The van der Waals surface area contributed by atoms with Crippen molar-refractivity contribution in [3.63, 3.8) is 0 Å². The summed E-state index contributed by atoms with van der Waals surface area (Å²) in [5.74, 6) is 1.85. The van der Waals surface area contributed by atoms with Crippen LogP contribution in [-0.4, -0.2) is 11.0 Å². The van der Waals surface area contributed by atoms with Gasteiger partial charge in [0.15, 0.2) is 0 Å². The van der Waals surface area contributed by atoms with Gasteiger partial charge in [0.25, 0.3) is 0 Å². The molecule has 0 radical (unpaired) electrons. The summed E-state index contributed by atoms with van der Waals surface area (Å²) in [5.41, 5.74) is 6.48. The number of pyridine rings is 1. The SMILES string of the molecule is CCC(CC1CC1)Nc1cc(N)ccn1. The van der Waals surface area contributed by atoms with Gasteiger partial charge in [0.2, 0.25) is 0 Å². The first-order valence-electron chi connectivity index (χ1n) is 5.76. The van der Waals surface area contributed by atoms with E-state index in [1.54, 1.807) is 6.20 Å². The Labute approximate surface area is 91.1 Å². The van der Waals surface area contributed by atoms with E-state index >= 15 is 0 Å². The molecule has 82 valence electrons. The standard InChI is InChI=1S/C12H19N3/c1-2-11(7-9-3-4-9)15-12-8-10(13)5-6-14-12/h5-6,8-9,11H,2-4,7H2,1H3,(H3,13,14,15). The summed E-state index contributed by atoms with van der Waals surface area (Å²) in [5, 5.41) is 3.45. The molecule has 3 heteroatoms. The number of hydrogen-bond donors (Lipinski definition) is 2. The molecule has 3 nitrogen and oxygen atoms in total. The second-order valence-electron chi connectivity index (χ2n) is 4.40. The van der Waals surface area contributed by atoms with E-state index in [2.05, 4.69) is 17.2 Å². The molecule has 15 heavy (non-hydrogen) atoms. The van der Waals surface area contributed by atoms with Gasteiger partial charge in [-0.1, -0.05) is 19.8 Å². The number of nitrogen functional groups attached to an aromatic ring is 1. The van der Waals surface area contributed by atoms with E-state index in [-0.39, 0.29) is 0 Å². The third kappa shape index (κ3) is 3.11. The largest absolute Gasteiger partial charge is 0.399 e. The maximum absolute atomic E-state index is 5.71. The zero-order valence-corrected chi connectivity index (χ0v) is 9.24. The number of aromatic nitrogens is 1. The first-order valence-corrected chi connectivity index (χ1v) is 5.76. The molecule has 1 aromatic heterocycles. The van der Waals surface area contributed by atoms with Crippen molar-refractivity contribution in [2.45, 2.75) is 38.6 Å². The minimum Gasteiger partial charge on any atom is -0.399 e. The number of nitrogens with two attached hydrogens (primary N) is 1. The van der Waals surface area contributed by atoms with Crippen molar-refractivity contribution < 1.29 is 0 Å². The van der Waals surface area contributed by atoms with Gasteiger partial charge in [0, 0.05) is 24.0 Å². The van der Waals surface area contributed by atoms with E-state index in [1.165, 1.54) is 19.3 Å². The molecule has 0 bridgehead atoms. The molecule has 1 fully saturated rings. The minimum absolute atomic E-state index is 0.548. The molecule has 2 rings (SSSR count). The number of nitrogens with zero attached hydrogens (tertiary/aromatic N) is 1. The van der Waals surface area contributed by atoms with Gasteiger partial charge in [-0.3, -0.25) is 0 Å². The molecule has 1 aromatic rings. The second-order valence-corrected chi connectivity index (χ2v) is 4.40. The molecule has 1 aliphatic carbocycles. The Morgan fingerprint density at radius 2 is 2.40 bits per heavy atom. The Balaban J connectivity index is 1.92. The van der Waals surface area contributed by atoms with Gasteiger partial charge in [-0.15, -0.1) is 0 Å². The molecule has 3 N–H and O–H groups in total. The van der Waals surface area contributed by atoms with Crippen LogP contribution in [0.5, 0.6) is 0 Å². The molecular weight excluding hydrogens is 186 g/mol. The van der Waals surface area contributed by atoms with Gasteiger partial charge < -0.3 is 11.1 Å². The lowest BCUT2D eigenvalue weighted by molar-refractivity contribution is 0.585. The summed E-state index contributed by atoms with van der Waals surface area (Å²) in [7, 11) is 0. The van der Waals surface area contributed by atoms with Crippen LogP contribution in [0.1, 0.15) is 32.6 Å². The summed E-state index contributed by atoms with van der Waals surface area (Å²) in [4.78, 5) is 4.26. The Morgan fingerprint density at radius 1 is 1.60 bits per heavy atom. The number of anilines is 2. The normalized spacial score (nSPS) is 17.4. The maximum Gasteiger partial charge on any atom is 0.128 e. The van der Waals surface area contributed by atoms with Crippen LogP contribution in [-0.2, 0) is 0 Å². The van der Waals surface area contributed by atoms with Gasteiger partial charge >= 0.3 is 0 Å². The molecule has 1 aliphatic rings. The Morgan fingerprint density at radius 3 is 3.00 bits per heavy atom. The van der Waals surface area contributed by atoms with Crippen LogP contribution in [0, 0.1) is 5.92 Å². The van der Waals surface area contributed by atoms with Crippen LogP contribution in [0.15, 0.2) is 18.3 Å². The van der Waals surface area contributed by atoms with E-state index in [0.29, 0.717) is 6.04 Å². The van der Waals surface area contributed by atoms with Crippen LogP contribution < -0.4 is 11.1 Å². The Hall–Kier alpha value is -1.25. The van der Waals surface area contributed by atoms with Gasteiger partial charge in [-0.2, -0.15) is 0 Å². The minimum atomic E-state index is 0.548. The van der Waals surface area contributed by atoms with E-state index in [9.17, 15) is 0 Å². The first-order chi connectivity index (χ1) is 7.28. The van der Waals surface area contributed by atoms with Crippen molar-refractivity contribution in [1.29, 1.82) is 0 Å². The molecule has 1 atom stereocenters. The van der Waals surface area contributed by atoms with Crippen LogP contribution in [0.3, 0.4) is 0 Å². The highest BCUT2D eigenvalue weighted by molar-refractivity contribution is 5.48. The first kappa shape index (κ1) is 10.3.